The van der Waals surface area contributed by atoms with Crippen LogP contribution in [0.4, 0.5) is 0 Å². The van der Waals surface area contributed by atoms with Crippen LogP contribution in [0.15, 0.2) is 24.3 Å². The summed E-state index contributed by atoms with van der Waals surface area (Å²) in [5, 5.41) is 18.5. The quantitative estimate of drug-likeness (QED) is 0.675. The number of hydrogen-bond acceptors (Lipinski definition) is 2. The summed E-state index contributed by atoms with van der Waals surface area (Å²) in [6.45, 7) is 1.41. The highest BCUT2D eigenvalue weighted by atomic mass is 35.5. The molecule has 62 valence electrons. The van der Waals surface area contributed by atoms with Gasteiger partial charge in [0.2, 0.25) is 0 Å². The van der Waals surface area contributed by atoms with E-state index in [0.717, 1.165) is 0 Å². The Hall–Kier alpha value is -1.04. The first-order valence-corrected chi connectivity index (χ1v) is 3.84. The molecule has 0 aliphatic rings. The van der Waals surface area contributed by atoms with Crippen molar-refractivity contribution in [3.05, 3.63) is 34.9 Å². The van der Waals surface area contributed by atoms with Gasteiger partial charge in [0.1, 0.15) is 6.07 Å². The molecule has 1 unspecified atom stereocenters. The standard InChI is InChI=1S/C9H8ClNO/c1-9(12,6-11)7-4-2-3-5-8(7)10/h2-5,12H,1H3. The molecule has 1 N–H and O–H groups in total. The predicted octanol–water partition coefficient (Wildman–Crippen LogP) is 2.07. The Labute approximate surface area is 76.0 Å². The molecule has 3 heteroatoms. The zero-order valence-corrected chi connectivity index (χ0v) is 7.34. The van der Waals surface area contributed by atoms with Crippen LogP contribution < -0.4 is 0 Å². The SMILES string of the molecule is CC(O)(C#N)c1ccccc1Cl. The van der Waals surface area contributed by atoms with E-state index in [1.165, 1.54) is 6.92 Å². The molecule has 0 radical (unpaired) electrons. The average molecular weight is 182 g/mol. The van der Waals surface area contributed by atoms with Crippen LogP contribution >= 0.6 is 11.6 Å². The van der Waals surface area contributed by atoms with Crippen molar-refractivity contribution in [2.75, 3.05) is 0 Å². The second kappa shape index (κ2) is 3.14. The zero-order chi connectivity index (χ0) is 9.19. The third-order valence-electron chi connectivity index (χ3n) is 1.62. The molecule has 0 amide bonds. The van der Waals surface area contributed by atoms with E-state index in [-0.39, 0.29) is 0 Å². The largest absolute Gasteiger partial charge is 0.372 e. The van der Waals surface area contributed by atoms with Crippen molar-refractivity contribution in [1.82, 2.24) is 0 Å². The summed E-state index contributed by atoms with van der Waals surface area (Å²) in [5.41, 5.74) is -1.06. The van der Waals surface area contributed by atoms with Crippen molar-refractivity contribution in [3.8, 4) is 6.07 Å². The maximum Gasteiger partial charge on any atom is 0.175 e. The lowest BCUT2D eigenvalue weighted by molar-refractivity contribution is 0.120. The summed E-state index contributed by atoms with van der Waals surface area (Å²) in [7, 11) is 0. The van der Waals surface area contributed by atoms with Gasteiger partial charge in [-0.1, -0.05) is 29.8 Å². The Bertz CT molecular complexity index is 328. The monoisotopic (exact) mass is 181 g/mol. The zero-order valence-electron chi connectivity index (χ0n) is 6.58. The highest BCUT2D eigenvalue weighted by molar-refractivity contribution is 6.31. The number of benzene rings is 1. The minimum atomic E-state index is -1.50. The molecule has 0 aliphatic heterocycles. The van der Waals surface area contributed by atoms with Gasteiger partial charge in [-0.05, 0) is 13.0 Å². The van der Waals surface area contributed by atoms with Crippen LogP contribution in [-0.4, -0.2) is 5.11 Å². The Morgan fingerprint density at radius 1 is 1.50 bits per heavy atom. The highest BCUT2D eigenvalue weighted by Crippen LogP contribution is 2.26. The van der Waals surface area contributed by atoms with Crippen LogP contribution in [0, 0.1) is 11.3 Å². The van der Waals surface area contributed by atoms with E-state index in [9.17, 15) is 5.11 Å². The number of rotatable bonds is 1. The average Bonchev–Trinajstić information content (AvgIpc) is 2.05. The number of nitrogens with zero attached hydrogens (tertiary/aromatic N) is 1. The molecule has 0 spiro atoms. The van der Waals surface area contributed by atoms with Gasteiger partial charge in [-0.3, -0.25) is 0 Å². The maximum atomic E-state index is 9.53. The van der Waals surface area contributed by atoms with Crippen LogP contribution in [0.1, 0.15) is 12.5 Å². The molecule has 1 rings (SSSR count). The van der Waals surface area contributed by atoms with Crippen molar-refractivity contribution in [1.29, 1.82) is 5.26 Å². The lowest BCUT2D eigenvalue weighted by Crippen LogP contribution is -2.18. The lowest BCUT2D eigenvalue weighted by atomic mass is 9.98. The summed E-state index contributed by atoms with van der Waals surface area (Å²) in [5.74, 6) is 0. The third-order valence-corrected chi connectivity index (χ3v) is 1.95. The van der Waals surface area contributed by atoms with E-state index >= 15 is 0 Å². The Kier molecular flexibility index (Phi) is 2.37. The van der Waals surface area contributed by atoms with Crippen molar-refractivity contribution >= 4 is 11.6 Å². The van der Waals surface area contributed by atoms with Crippen LogP contribution in [0.2, 0.25) is 5.02 Å². The summed E-state index contributed by atoms with van der Waals surface area (Å²) in [6.07, 6.45) is 0. The van der Waals surface area contributed by atoms with E-state index in [4.69, 9.17) is 16.9 Å². The minimum Gasteiger partial charge on any atom is -0.372 e. The first-order valence-electron chi connectivity index (χ1n) is 3.46. The predicted molar refractivity (Wildman–Crippen MR) is 46.6 cm³/mol. The van der Waals surface area contributed by atoms with E-state index in [1.807, 2.05) is 0 Å². The molecule has 0 heterocycles. The molecule has 12 heavy (non-hydrogen) atoms. The molecule has 2 nitrogen and oxygen atoms in total. The fourth-order valence-electron chi connectivity index (χ4n) is 0.916. The van der Waals surface area contributed by atoms with Crippen molar-refractivity contribution < 1.29 is 5.11 Å². The first-order chi connectivity index (χ1) is 5.58. The number of hydrogen-bond donors (Lipinski definition) is 1. The molecule has 0 aromatic heterocycles. The van der Waals surface area contributed by atoms with Gasteiger partial charge in [-0.2, -0.15) is 5.26 Å². The molecule has 1 aromatic rings. The summed E-state index contributed by atoms with van der Waals surface area (Å²) >= 11 is 5.78. The number of halogens is 1. The van der Waals surface area contributed by atoms with Crippen molar-refractivity contribution in [2.45, 2.75) is 12.5 Å². The van der Waals surface area contributed by atoms with Gasteiger partial charge >= 0.3 is 0 Å². The van der Waals surface area contributed by atoms with Gasteiger partial charge in [-0.25, -0.2) is 0 Å². The summed E-state index contributed by atoms with van der Waals surface area (Å²) < 4.78 is 0. The summed E-state index contributed by atoms with van der Waals surface area (Å²) in [4.78, 5) is 0. The van der Waals surface area contributed by atoms with Gasteiger partial charge < -0.3 is 5.11 Å². The lowest BCUT2D eigenvalue weighted by Gasteiger charge is -2.15. The van der Waals surface area contributed by atoms with E-state index in [1.54, 1.807) is 30.3 Å². The van der Waals surface area contributed by atoms with Gasteiger partial charge in [0.05, 0.1) is 0 Å². The molecule has 0 fully saturated rings. The third kappa shape index (κ3) is 1.58. The minimum absolute atomic E-state index is 0.407. The molecule has 0 aliphatic carbocycles. The van der Waals surface area contributed by atoms with Crippen LogP contribution in [-0.2, 0) is 5.60 Å². The highest BCUT2D eigenvalue weighted by Gasteiger charge is 2.24. The molecule has 1 aromatic carbocycles. The Morgan fingerprint density at radius 2 is 2.08 bits per heavy atom. The van der Waals surface area contributed by atoms with Crippen molar-refractivity contribution in [3.63, 3.8) is 0 Å². The van der Waals surface area contributed by atoms with Gasteiger partial charge in [0, 0.05) is 10.6 Å². The fraction of sp³-hybridized carbons (Fsp3) is 0.222. The maximum absolute atomic E-state index is 9.53. The Balaban J connectivity index is 3.22. The normalized spacial score (nSPS) is 14.8. The fourth-order valence-corrected chi connectivity index (χ4v) is 1.24. The Morgan fingerprint density at radius 3 is 2.58 bits per heavy atom. The number of aliphatic hydroxyl groups is 1. The van der Waals surface area contributed by atoms with E-state index < -0.39 is 5.60 Å². The topological polar surface area (TPSA) is 44.0 Å². The van der Waals surface area contributed by atoms with E-state index in [2.05, 4.69) is 0 Å². The molecule has 0 bridgehead atoms. The van der Waals surface area contributed by atoms with Crippen LogP contribution in [0.5, 0.6) is 0 Å². The second-order valence-corrected chi connectivity index (χ2v) is 3.07. The molecule has 1 atom stereocenters. The molecule has 0 saturated heterocycles. The van der Waals surface area contributed by atoms with Gasteiger partial charge in [-0.15, -0.1) is 0 Å². The van der Waals surface area contributed by atoms with E-state index in [0.29, 0.717) is 10.6 Å². The number of nitriles is 1. The molecular formula is C9H8ClNO. The first kappa shape index (κ1) is 9.05. The second-order valence-electron chi connectivity index (χ2n) is 2.66. The van der Waals surface area contributed by atoms with Crippen LogP contribution in [0.3, 0.4) is 0 Å². The molecule has 0 saturated carbocycles. The molecular weight excluding hydrogens is 174 g/mol. The smallest absolute Gasteiger partial charge is 0.175 e. The summed E-state index contributed by atoms with van der Waals surface area (Å²) in [6, 6.07) is 8.52. The van der Waals surface area contributed by atoms with Crippen molar-refractivity contribution in [2.24, 2.45) is 0 Å². The van der Waals surface area contributed by atoms with Crippen LogP contribution in [0.25, 0.3) is 0 Å². The van der Waals surface area contributed by atoms with Gasteiger partial charge in [0.25, 0.3) is 0 Å². The van der Waals surface area contributed by atoms with Gasteiger partial charge in [0.15, 0.2) is 5.60 Å².